The van der Waals surface area contributed by atoms with Crippen molar-refractivity contribution in [3.05, 3.63) is 289 Å². The largest absolute Gasteiger partial charge is 0.454 e. The van der Waals surface area contributed by atoms with Gasteiger partial charge >= 0.3 is 0 Å². The van der Waals surface area contributed by atoms with Crippen LogP contribution in [0.3, 0.4) is 0 Å². The molecule has 0 fully saturated rings. The van der Waals surface area contributed by atoms with E-state index in [-0.39, 0.29) is 0 Å². The zero-order chi connectivity index (χ0) is 48.5. The first-order valence-electron chi connectivity index (χ1n) is 25.6. The quantitative estimate of drug-likeness (QED) is 0.166. The molecule has 0 saturated carbocycles. The summed E-state index contributed by atoms with van der Waals surface area (Å²) in [7, 11) is 0. The third kappa shape index (κ3) is 5.72. The first-order chi connectivity index (χ1) is 36.7. The summed E-state index contributed by atoms with van der Waals surface area (Å²) >= 11 is 0. The van der Waals surface area contributed by atoms with Crippen molar-refractivity contribution in [2.24, 2.45) is 0 Å². The SMILES string of the molecule is c1ccc2c(c1)-c1ccccc1C21c2ccccc2-c2ccc(N(c3ccc(-c4ccc(-c5ccc(-n6c7ccccc7c7ccccc76)cc5)cc4)cc3)c3cc4ccccc4c4c3oc3ccccc34)cc21. The maximum absolute atomic E-state index is 7.00. The fraction of sp³-hybridized carbons (Fsp3) is 0.0141. The molecule has 3 nitrogen and oxygen atoms in total. The van der Waals surface area contributed by atoms with E-state index in [4.69, 9.17) is 4.42 Å². The smallest absolute Gasteiger partial charge is 0.160 e. The molecule has 2 aliphatic rings. The Balaban J connectivity index is 0.827. The standard InChI is InChI=1S/C71H44N2O/c1-2-16-53-49(15-1)43-67(70-69(53)60-22-8-14-28-68(60)74-70)72(52-41-42-57-56-19-5-11-25-63(56)71(64(57)44-52)61-23-9-3-17-54(61)55-18-4-10-24-62(55)71)50-37-33-47(34-38-50)45-29-31-46(32-30-45)48-35-39-51(40-36-48)73-65-26-12-6-20-58(65)59-21-7-13-27-66(59)73/h1-44H. The highest BCUT2D eigenvalue weighted by Gasteiger charge is 2.51. The lowest BCUT2D eigenvalue weighted by molar-refractivity contribution is 0.669. The Morgan fingerprint density at radius 1 is 0.338 bits per heavy atom. The van der Waals surface area contributed by atoms with E-state index in [1.165, 1.54) is 82.8 Å². The van der Waals surface area contributed by atoms with Crippen molar-refractivity contribution in [2.75, 3.05) is 4.90 Å². The Morgan fingerprint density at radius 3 is 1.38 bits per heavy atom. The zero-order valence-corrected chi connectivity index (χ0v) is 40.2. The first-order valence-corrected chi connectivity index (χ1v) is 25.6. The van der Waals surface area contributed by atoms with Gasteiger partial charge < -0.3 is 13.9 Å². The minimum atomic E-state index is -0.483. The van der Waals surface area contributed by atoms with Crippen molar-refractivity contribution >= 4 is 71.6 Å². The fourth-order valence-corrected chi connectivity index (χ4v) is 13.0. The van der Waals surface area contributed by atoms with Crippen molar-refractivity contribution < 1.29 is 4.42 Å². The van der Waals surface area contributed by atoms with E-state index in [1.54, 1.807) is 0 Å². The summed E-state index contributed by atoms with van der Waals surface area (Å²) in [6.07, 6.45) is 0. The number of furan rings is 1. The van der Waals surface area contributed by atoms with Crippen LogP contribution in [0.4, 0.5) is 17.1 Å². The average molecular weight is 941 g/mol. The number of hydrogen-bond donors (Lipinski definition) is 0. The number of para-hydroxylation sites is 3. The van der Waals surface area contributed by atoms with Gasteiger partial charge in [0.25, 0.3) is 0 Å². The van der Waals surface area contributed by atoms with E-state index >= 15 is 0 Å². The molecule has 2 aromatic heterocycles. The molecular weight excluding hydrogens is 897 g/mol. The van der Waals surface area contributed by atoms with Crippen LogP contribution in [-0.4, -0.2) is 4.57 Å². The van der Waals surface area contributed by atoms with Crippen LogP contribution in [0.25, 0.3) is 105 Å². The molecule has 0 amide bonds. The Morgan fingerprint density at radius 2 is 0.784 bits per heavy atom. The second kappa shape index (κ2) is 15.6. The molecule has 74 heavy (non-hydrogen) atoms. The first kappa shape index (κ1) is 41.0. The highest BCUT2D eigenvalue weighted by Crippen LogP contribution is 2.63. The predicted molar refractivity (Wildman–Crippen MR) is 307 cm³/mol. The molecule has 2 aliphatic carbocycles. The molecule has 0 radical (unpaired) electrons. The number of aromatic nitrogens is 1. The third-order valence-corrected chi connectivity index (χ3v) is 16.2. The van der Waals surface area contributed by atoms with Crippen LogP contribution in [0.15, 0.2) is 271 Å². The Bertz CT molecular complexity index is 4480. The number of nitrogens with zero attached hydrogens (tertiary/aromatic N) is 2. The number of fused-ring (bicyclic) bond motifs is 18. The highest BCUT2D eigenvalue weighted by atomic mass is 16.3. The molecule has 16 rings (SSSR count). The Labute approximate surface area is 428 Å². The molecular formula is C71H44N2O. The second-order valence-corrected chi connectivity index (χ2v) is 19.9. The number of anilines is 3. The van der Waals surface area contributed by atoms with E-state index in [0.29, 0.717) is 0 Å². The molecule has 0 saturated heterocycles. The van der Waals surface area contributed by atoms with Gasteiger partial charge in [0.15, 0.2) is 5.58 Å². The molecule has 3 heteroatoms. The van der Waals surface area contributed by atoms with E-state index < -0.39 is 5.41 Å². The van der Waals surface area contributed by atoms with Crippen LogP contribution in [0.2, 0.25) is 0 Å². The monoisotopic (exact) mass is 940 g/mol. The lowest BCUT2D eigenvalue weighted by atomic mass is 9.70. The molecule has 12 aromatic carbocycles. The summed E-state index contributed by atoms with van der Waals surface area (Å²) in [6.45, 7) is 0. The molecule has 0 atom stereocenters. The Hall–Kier alpha value is -9.70. The van der Waals surface area contributed by atoms with Gasteiger partial charge in [0, 0.05) is 38.6 Å². The van der Waals surface area contributed by atoms with Crippen LogP contribution in [-0.2, 0) is 5.41 Å². The third-order valence-electron chi connectivity index (χ3n) is 16.2. The lowest BCUT2D eigenvalue weighted by Gasteiger charge is -2.32. The number of benzene rings is 12. The van der Waals surface area contributed by atoms with Gasteiger partial charge in [0.2, 0.25) is 0 Å². The van der Waals surface area contributed by atoms with Gasteiger partial charge in [-0.2, -0.15) is 0 Å². The van der Waals surface area contributed by atoms with Gasteiger partial charge in [-0.25, -0.2) is 0 Å². The van der Waals surface area contributed by atoms with Gasteiger partial charge in [0.05, 0.1) is 22.1 Å². The highest BCUT2D eigenvalue weighted by molar-refractivity contribution is 6.23. The molecule has 0 bridgehead atoms. The summed E-state index contributed by atoms with van der Waals surface area (Å²) in [5.74, 6) is 0. The van der Waals surface area contributed by atoms with Crippen molar-refractivity contribution in [3.8, 4) is 50.2 Å². The molecule has 0 unspecified atom stereocenters. The topological polar surface area (TPSA) is 21.3 Å². The van der Waals surface area contributed by atoms with E-state index in [0.717, 1.165) is 61.2 Å². The summed E-state index contributed by atoms with van der Waals surface area (Å²) in [5.41, 5.74) is 23.0. The molecule has 2 heterocycles. The van der Waals surface area contributed by atoms with Gasteiger partial charge in [-0.05, 0) is 138 Å². The predicted octanol–water partition coefficient (Wildman–Crippen LogP) is 19.0. The van der Waals surface area contributed by atoms with Crippen LogP contribution in [0.1, 0.15) is 22.3 Å². The average Bonchev–Trinajstić information content (AvgIpc) is 4.21. The molecule has 344 valence electrons. The summed E-state index contributed by atoms with van der Waals surface area (Å²) in [5, 5.41) is 7.11. The van der Waals surface area contributed by atoms with Crippen molar-refractivity contribution in [2.45, 2.75) is 5.41 Å². The minimum absolute atomic E-state index is 0.483. The normalized spacial score (nSPS) is 13.0. The summed E-state index contributed by atoms with van der Waals surface area (Å²) in [6, 6.07) is 98.1. The van der Waals surface area contributed by atoms with Crippen molar-refractivity contribution in [3.63, 3.8) is 0 Å². The van der Waals surface area contributed by atoms with Crippen LogP contribution >= 0.6 is 0 Å². The number of rotatable bonds is 6. The van der Waals surface area contributed by atoms with E-state index in [9.17, 15) is 0 Å². The van der Waals surface area contributed by atoms with Crippen LogP contribution < -0.4 is 4.90 Å². The van der Waals surface area contributed by atoms with Crippen molar-refractivity contribution in [1.29, 1.82) is 0 Å². The maximum Gasteiger partial charge on any atom is 0.160 e. The lowest BCUT2D eigenvalue weighted by Crippen LogP contribution is -2.26. The van der Waals surface area contributed by atoms with Crippen LogP contribution in [0, 0.1) is 0 Å². The van der Waals surface area contributed by atoms with Gasteiger partial charge in [-0.15, -0.1) is 0 Å². The zero-order valence-electron chi connectivity index (χ0n) is 40.2. The van der Waals surface area contributed by atoms with E-state index in [1.807, 2.05) is 0 Å². The molecule has 1 spiro atoms. The van der Waals surface area contributed by atoms with E-state index in [2.05, 4.69) is 276 Å². The van der Waals surface area contributed by atoms with Gasteiger partial charge in [0.1, 0.15) is 5.58 Å². The Kier molecular flexibility index (Phi) is 8.66. The molecule has 0 N–H and O–H groups in total. The summed E-state index contributed by atoms with van der Waals surface area (Å²) in [4.78, 5) is 2.43. The van der Waals surface area contributed by atoms with Gasteiger partial charge in [-0.1, -0.05) is 206 Å². The second-order valence-electron chi connectivity index (χ2n) is 19.9. The van der Waals surface area contributed by atoms with Gasteiger partial charge in [-0.3, -0.25) is 0 Å². The summed E-state index contributed by atoms with van der Waals surface area (Å²) < 4.78 is 9.37. The van der Waals surface area contributed by atoms with Crippen LogP contribution in [0.5, 0.6) is 0 Å². The minimum Gasteiger partial charge on any atom is -0.454 e. The fourth-order valence-electron chi connectivity index (χ4n) is 13.0. The molecule has 0 aliphatic heterocycles. The maximum atomic E-state index is 7.00. The van der Waals surface area contributed by atoms with Crippen molar-refractivity contribution in [1.82, 2.24) is 4.57 Å². The number of hydrogen-bond acceptors (Lipinski definition) is 2. The molecule has 14 aromatic rings.